The molecule has 1 atom stereocenters. The van der Waals surface area contributed by atoms with E-state index in [0.29, 0.717) is 36.0 Å². The molecule has 6 nitrogen and oxygen atoms in total. The molecule has 0 spiro atoms. The van der Waals surface area contributed by atoms with E-state index in [4.69, 9.17) is 16.3 Å². The molecule has 1 saturated heterocycles. The van der Waals surface area contributed by atoms with Crippen LogP contribution in [0, 0.1) is 0 Å². The number of ether oxygens (including phenoxy) is 1. The van der Waals surface area contributed by atoms with Gasteiger partial charge in [0.05, 0.1) is 23.2 Å². The van der Waals surface area contributed by atoms with Crippen molar-refractivity contribution in [2.24, 2.45) is 0 Å². The minimum atomic E-state index is -0.704. The predicted octanol–water partition coefficient (Wildman–Crippen LogP) is 5.26. The van der Waals surface area contributed by atoms with Gasteiger partial charge in [-0.3, -0.25) is 9.59 Å². The summed E-state index contributed by atoms with van der Waals surface area (Å²) in [6.45, 7) is 9.09. The normalized spacial score (nSPS) is 17.8. The number of Topliss-reactive ketones (excluding diaryl/α,β-unsaturated/α-hetero) is 1. The van der Waals surface area contributed by atoms with Gasteiger partial charge in [-0.2, -0.15) is 0 Å². The highest BCUT2D eigenvalue weighted by molar-refractivity contribution is 9.10. The van der Waals surface area contributed by atoms with Crippen molar-refractivity contribution in [2.75, 3.05) is 32.8 Å². The van der Waals surface area contributed by atoms with E-state index < -0.39 is 17.7 Å². The largest absolute Gasteiger partial charge is 0.507 e. The van der Waals surface area contributed by atoms with E-state index in [1.54, 1.807) is 23.1 Å². The van der Waals surface area contributed by atoms with E-state index in [9.17, 15) is 14.7 Å². The predicted molar refractivity (Wildman–Crippen MR) is 134 cm³/mol. The van der Waals surface area contributed by atoms with Crippen molar-refractivity contribution < 1.29 is 19.4 Å². The monoisotopic (exact) mass is 534 g/mol. The maximum absolute atomic E-state index is 13.1. The number of hydrogen-bond donors (Lipinski definition) is 1. The van der Waals surface area contributed by atoms with Crippen molar-refractivity contribution in [3.63, 3.8) is 0 Å². The van der Waals surface area contributed by atoms with Crippen LogP contribution in [0.15, 0.2) is 52.5 Å². The van der Waals surface area contributed by atoms with Gasteiger partial charge in [0.15, 0.2) is 0 Å². The third-order valence-electron chi connectivity index (χ3n) is 5.78. The summed E-state index contributed by atoms with van der Waals surface area (Å²) in [5.74, 6) is -1.09. The lowest BCUT2D eigenvalue weighted by Crippen LogP contribution is -2.38. The molecule has 1 amide bonds. The first-order chi connectivity index (χ1) is 15.8. The van der Waals surface area contributed by atoms with Crippen LogP contribution in [-0.4, -0.2) is 59.4 Å². The van der Waals surface area contributed by atoms with Gasteiger partial charge in [-0.05, 0) is 55.9 Å². The Morgan fingerprint density at radius 2 is 1.79 bits per heavy atom. The number of ketones is 1. The number of likely N-dealkylation sites (N-methyl/N-ethyl adjacent to an activating group) is 1. The number of amides is 1. The van der Waals surface area contributed by atoms with Gasteiger partial charge in [-0.25, -0.2) is 0 Å². The van der Waals surface area contributed by atoms with Gasteiger partial charge in [0.1, 0.15) is 11.5 Å². The summed E-state index contributed by atoms with van der Waals surface area (Å²) in [7, 11) is 0. The second kappa shape index (κ2) is 11.2. The summed E-state index contributed by atoms with van der Waals surface area (Å²) in [4.78, 5) is 29.9. The minimum absolute atomic E-state index is 0.0575. The molecule has 8 heteroatoms. The maximum Gasteiger partial charge on any atom is 0.295 e. The molecule has 176 valence electrons. The molecule has 0 radical (unpaired) electrons. The van der Waals surface area contributed by atoms with Gasteiger partial charge < -0.3 is 19.6 Å². The molecule has 1 fully saturated rings. The molecule has 1 N–H and O–H groups in total. The number of carbonyl (C=O) groups is 2. The Balaban J connectivity index is 2.09. The number of hydrogen-bond acceptors (Lipinski definition) is 5. The fraction of sp³-hybridized carbons (Fsp3) is 0.360. The molecule has 1 unspecified atom stereocenters. The first-order valence-corrected chi connectivity index (χ1v) is 12.2. The first-order valence-electron chi connectivity index (χ1n) is 11.0. The molecule has 33 heavy (non-hydrogen) atoms. The average molecular weight is 536 g/mol. The molecule has 2 aromatic carbocycles. The van der Waals surface area contributed by atoms with Crippen LogP contribution in [0.2, 0.25) is 5.02 Å². The van der Waals surface area contributed by atoms with E-state index in [1.807, 2.05) is 31.2 Å². The Hall–Kier alpha value is -2.35. The molecule has 1 aliphatic rings. The number of likely N-dealkylation sites (tertiary alicyclic amines) is 1. The summed E-state index contributed by atoms with van der Waals surface area (Å²) in [5, 5.41) is 11.5. The SMILES string of the molecule is CCOc1ccc(/C(O)=C2/C(=O)C(=O)N(CCN(CC)CC)C2c2ccc(Br)cc2)cc1Cl. The van der Waals surface area contributed by atoms with Crippen LogP contribution in [0.5, 0.6) is 5.75 Å². The van der Waals surface area contributed by atoms with Crippen molar-refractivity contribution in [3.05, 3.63) is 68.7 Å². The molecule has 2 aromatic rings. The number of benzene rings is 2. The maximum atomic E-state index is 13.1. The summed E-state index contributed by atoms with van der Waals surface area (Å²) < 4.78 is 6.34. The van der Waals surface area contributed by atoms with Crippen LogP contribution in [0.1, 0.15) is 37.9 Å². The quantitative estimate of drug-likeness (QED) is 0.269. The smallest absolute Gasteiger partial charge is 0.295 e. The Morgan fingerprint density at radius 1 is 1.12 bits per heavy atom. The molecule has 0 saturated carbocycles. The van der Waals surface area contributed by atoms with Gasteiger partial charge in [-0.1, -0.05) is 53.5 Å². The second-order valence-corrected chi connectivity index (χ2v) is 8.97. The molecule has 3 rings (SSSR count). The molecular weight excluding hydrogens is 508 g/mol. The lowest BCUT2D eigenvalue weighted by atomic mass is 9.95. The lowest BCUT2D eigenvalue weighted by Gasteiger charge is -2.28. The van der Waals surface area contributed by atoms with Crippen molar-refractivity contribution >= 4 is 45.0 Å². The van der Waals surface area contributed by atoms with Crippen molar-refractivity contribution in [1.82, 2.24) is 9.80 Å². The highest BCUT2D eigenvalue weighted by Gasteiger charge is 2.46. The second-order valence-electron chi connectivity index (χ2n) is 7.65. The van der Waals surface area contributed by atoms with Crippen LogP contribution in [0.4, 0.5) is 0 Å². The number of nitrogens with zero attached hydrogens (tertiary/aromatic N) is 2. The van der Waals surface area contributed by atoms with E-state index >= 15 is 0 Å². The van der Waals surface area contributed by atoms with Gasteiger partial charge >= 0.3 is 0 Å². The van der Waals surface area contributed by atoms with E-state index in [2.05, 4.69) is 34.7 Å². The Morgan fingerprint density at radius 3 is 2.36 bits per heavy atom. The van der Waals surface area contributed by atoms with E-state index in [-0.39, 0.29) is 11.3 Å². The van der Waals surface area contributed by atoms with Crippen LogP contribution in [-0.2, 0) is 9.59 Å². The zero-order chi connectivity index (χ0) is 24.1. The summed E-state index contributed by atoms with van der Waals surface area (Å²) >= 11 is 9.74. The van der Waals surface area contributed by atoms with Gasteiger partial charge in [-0.15, -0.1) is 0 Å². The van der Waals surface area contributed by atoms with Crippen LogP contribution in [0.25, 0.3) is 5.76 Å². The first kappa shape index (κ1) is 25.3. The average Bonchev–Trinajstić information content (AvgIpc) is 3.06. The van der Waals surface area contributed by atoms with Crippen LogP contribution >= 0.6 is 27.5 Å². The molecule has 1 aliphatic heterocycles. The Kier molecular flexibility index (Phi) is 8.57. The number of rotatable bonds is 9. The highest BCUT2D eigenvalue weighted by atomic mass is 79.9. The van der Waals surface area contributed by atoms with Gasteiger partial charge in [0, 0.05) is 23.1 Å². The number of halogens is 2. The topological polar surface area (TPSA) is 70.1 Å². The zero-order valence-corrected chi connectivity index (χ0v) is 21.3. The Bertz CT molecular complexity index is 1050. The van der Waals surface area contributed by atoms with Gasteiger partial charge in [0.25, 0.3) is 11.7 Å². The van der Waals surface area contributed by atoms with Crippen molar-refractivity contribution in [1.29, 1.82) is 0 Å². The van der Waals surface area contributed by atoms with E-state index in [1.165, 1.54) is 0 Å². The third-order valence-corrected chi connectivity index (χ3v) is 6.61. The molecular formula is C25H28BrClN2O4. The van der Waals surface area contributed by atoms with Gasteiger partial charge in [0.2, 0.25) is 0 Å². The number of carbonyl (C=O) groups excluding carboxylic acids is 2. The zero-order valence-electron chi connectivity index (χ0n) is 19.0. The molecule has 0 aliphatic carbocycles. The van der Waals surface area contributed by atoms with Crippen LogP contribution < -0.4 is 4.74 Å². The molecule has 0 bridgehead atoms. The van der Waals surface area contributed by atoms with Crippen molar-refractivity contribution in [3.8, 4) is 5.75 Å². The number of aliphatic hydroxyl groups excluding tert-OH is 1. The highest BCUT2D eigenvalue weighted by Crippen LogP contribution is 2.40. The summed E-state index contributed by atoms with van der Waals surface area (Å²) in [6, 6.07) is 11.5. The fourth-order valence-electron chi connectivity index (χ4n) is 3.97. The third kappa shape index (κ3) is 5.42. The molecule has 1 heterocycles. The van der Waals surface area contributed by atoms with Crippen LogP contribution in [0.3, 0.4) is 0 Å². The van der Waals surface area contributed by atoms with E-state index in [0.717, 1.165) is 23.1 Å². The number of aliphatic hydroxyl groups is 1. The molecule has 0 aromatic heterocycles. The fourth-order valence-corrected chi connectivity index (χ4v) is 4.47. The minimum Gasteiger partial charge on any atom is -0.507 e. The standard InChI is InChI=1S/C25H28BrClN2O4/c1-4-28(5-2)13-14-29-22(16-7-10-18(26)11-8-16)21(24(31)25(29)32)23(30)17-9-12-20(33-6-3)19(27)15-17/h7-12,15,22,30H,4-6,13-14H2,1-3H3/b23-21-. The van der Waals surface area contributed by atoms with Crippen molar-refractivity contribution in [2.45, 2.75) is 26.8 Å². The summed E-state index contributed by atoms with van der Waals surface area (Å²) in [6.07, 6.45) is 0. The summed E-state index contributed by atoms with van der Waals surface area (Å²) in [5.41, 5.74) is 1.16. The Labute approximate surface area is 207 Å². The lowest BCUT2D eigenvalue weighted by molar-refractivity contribution is -0.140.